The summed E-state index contributed by atoms with van der Waals surface area (Å²) in [5, 5.41) is 0. The van der Waals surface area contributed by atoms with Gasteiger partial charge in [0.15, 0.2) is 0 Å². The lowest BCUT2D eigenvalue weighted by Crippen LogP contribution is -1.79. The molecule has 0 spiro atoms. The van der Waals surface area contributed by atoms with Crippen LogP contribution in [-0.4, -0.2) is 14.7 Å². The quantitative estimate of drug-likeness (QED) is 0.449. The number of para-hydroxylation sites is 2. The number of benzene rings is 1. The molecule has 1 aromatic heterocycles. The fourth-order valence-electron chi connectivity index (χ4n) is 1.13. The van der Waals surface area contributed by atoms with Crippen LogP contribution in [0.2, 0.25) is 0 Å². The minimum Gasteiger partial charge on any atom is -0.263 e. The maximum atomic E-state index is 4.30. The summed E-state index contributed by atoms with van der Waals surface area (Å²) >= 11 is 0. The summed E-state index contributed by atoms with van der Waals surface area (Å²) in [6, 6.07) is 8.12. The first-order chi connectivity index (χ1) is 6.92. The second kappa shape index (κ2) is 4.57. The molecule has 0 unspecified atom stereocenters. The molecule has 0 saturated heterocycles. The number of nitrogens with zero attached hydrogens (tertiary/aromatic N) is 2. The molecule has 0 aliphatic carbocycles. The van der Waals surface area contributed by atoms with E-state index in [9.17, 15) is 0 Å². The van der Waals surface area contributed by atoms with Crippen LogP contribution in [0.15, 0.2) is 43.2 Å². The lowest BCUT2D eigenvalue weighted by molar-refractivity contribution is 1.28. The molecule has 0 N–H and O–H groups in total. The lowest BCUT2D eigenvalue weighted by Gasteiger charge is -1.99. The molecule has 2 nitrogen and oxygen atoms in total. The highest BCUT2D eigenvalue weighted by Crippen LogP contribution is 2.27. The first-order valence-corrected chi connectivity index (χ1v) is 6.52. The molecule has 0 radical (unpaired) electrons. The van der Waals surface area contributed by atoms with Gasteiger partial charge in [0.1, 0.15) is 6.33 Å². The molecular formula is C10H10N2S2. The smallest absolute Gasteiger partial charge is 0.107 e. The normalized spacial score (nSPS) is 10.6. The van der Waals surface area contributed by atoms with Gasteiger partial charge in [-0.15, -0.1) is 6.58 Å². The van der Waals surface area contributed by atoms with E-state index < -0.39 is 0 Å². The van der Waals surface area contributed by atoms with E-state index in [0.717, 1.165) is 16.8 Å². The largest absolute Gasteiger partial charge is 0.263 e. The second-order valence-corrected chi connectivity index (χ2v) is 4.97. The van der Waals surface area contributed by atoms with E-state index in [1.165, 1.54) is 0 Å². The summed E-state index contributed by atoms with van der Waals surface area (Å²) in [6.07, 6.45) is 3.75. The average Bonchev–Trinajstić information content (AvgIpc) is 2.63. The number of fused-ring (bicyclic) bond motifs is 1. The van der Waals surface area contributed by atoms with Crippen LogP contribution in [0, 0.1) is 0 Å². The molecule has 2 aromatic rings. The number of rotatable bonds is 4. The van der Waals surface area contributed by atoms with Crippen molar-refractivity contribution in [1.82, 2.24) is 8.96 Å². The van der Waals surface area contributed by atoms with Gasteiger partial charge in [0, 0.05) is 16.7 Å². The van der Waals surface area contributed by atoms with E-state index in [4.69, 9.17) is 0 Å². The maximum absolute atomic E-state index is 4.30. The summed E-state index contributed by atoms with van der Waals surface area (Å²) in [5.74, 6) is 0.942. The number of hydrogen-bond acceptors (Lipinski definition) is 3. The molecule has 0 amide bonds. The molecule has 72 valence electrons. The van der Waals surface area contributed by atoms with Crippen LogP contribution in [0.1, 0.15) is 0 Å². The zero-order valence-electron chi connectivity index (χ0n) is 7.59. The van der Waals surface area contributed by atoms with Gasteiger partial charge in [-0.25, -0.2) is 4.98 Å². The number of hydrogen-bond donors (Lipinski definition) is 0. The fraction of sp³-hybridized carbons (Fsp3) is 0.100. The average molecular weight is 222 g/mol. The van der Waals surface area contributed by atoms with Crippen molar-refractivity contribution in [3.8, 4) is 0 Å². The van der Waals surface area contributed by atoms with Gasteiger partial charge in [-0.3, -0.25) is 3.97 Å². The highest BCUT2D eigenvalue weighted by molar-refractivity contribution is 8.76. The van der Waals surface area contributed by atoms with Crippen molar-refractivity contribution in [2.45, 2.75) is 0 Å². The van der Waals surface area contributed by atoms with Crippen LogP contribution in [0.3, 0.4) is 0 Å². The SMILES string of the molecule is C=CCSSn1cnc2ccccc21. The van der Waals surface area contributed by atoms with Crippen LogP contribution in [0.25, 0.3) is 11.0 Å². The second-order valence-electron chi connectivity index (χ2n) is 2.71. The number of imidazole rings is 1. The Hall–Kier alpha value is -0.870. The fourth-order valence-corrected chi connectivity index (χ4v) is 2.89. The van der Waals surface area contributed by atoms with Gasteiger partial charge in [-0.2, -0.15) is 0 Å². The van der Waals surface area contributed by atoms with Crippen LogP contribution in [-0.2, 0) is 0 Å². The van der Waals surface area contributed by atoms with Gasteiger partial charge < -0.3 is 0 Å². The van der Waals surface area contributed by atoms with Gasteiger partial charge >= 0.3 is 0 Å². The minimum atomic E-state index is 0.942. The predicted molar refractivity (Wildman–Crippen MR) is 65.4 cm³/mol. The Kier molecular flexibility index (Phi) is 3.16. The van der Waals surface area contributed by atoms with Crippen molar-refractivity contribution in [3.63, 3.8) is 0 Å². The van der Waals surface area contributed by atoms with Crippen LogP contribution in [0.4, 0.5) is 0 Å². The molecule has 2 rings (SSSR count). The highest BCUT2D eigenvalue weighted by Gasteiger charge is 2.00. The minimum absolute atomic E-state index is 0.942. The number of aromatic nitrogens is 2. The monoisotopic (exact) mass is 222 g/mol. The zero-order chi connectivity index (χ0) is 9.80. The summed E-state index contributed by atoms with van der Waals surface area (Å²) in [7, 11) is 3.43. The first kappa shape index (κ1) is 9.68. The Bertz CT molecular complexity index is 436. The molecule has 0 fully saturated rings. The molecular weight excluding hydrogens is 212 g/mol. The van der Waals surface area contributed by atoms with Crippen molar-refractivity contribution < 1.29 is 0 Å². The molecule has 0 saturated carbocycles. The van der Waals surface area contributed by atoms with E-state index in [-0.39, 0.29) is 0 Å². The maximum Gasteiger partial charge on any atom is 0.107 e. The summed E-state index contributed by atoms with van der Waals surface area (Å²) in [4.78, 5) is 4.30. The summed E-state index contributed by atoms with van der Waals surface area (Å²) in [6.45, 7) is 3.68. The topological polar surface area (TPSA) is 17.8 Å². The van der Waals surface area contributed by atoms with Crippen LogP contribution < -0.4 is 0 Å². The summed E-state index contributed by atoms with van der Waals surface area (Å²) < 4.78 is 2.07. The highest BCUT2D eigenvalue weighted by atomic mass is 33.1. The lowest BCUT2D eigenvalue weighted by atomic mass is 10.3. The Morgan fingerprint density at radius 3 is 3.14 bits per heavy atom. The van der Waals surface area contributed by atoms with Gasteiger partial charge in [0.25, 0.3) is 0 Å². The van der Waals surface area contributed by atoms with Gasteiger partial charge in [0.2, 0.25) is 0 Å². The van der Waals surface area contributed by atoms with Crippen molar-refractivity contribution >= 4 is 32.8 Å². The van der Waals surface area contributed by atoms with Crippen molar-refractivity contribution in [1.29, 1.82) is 0 Å². The van der Waals surface area contributed by atoms with Crippen molar-refractivity contribution in [2.75, 3.05) is 5.75 Å². The molecule has 1 heterocycles. The van der Waals surface area contributed by atoms with Crippen LogP contribution >= 0.6 is 21.8 Å². The Labute approximate surface area is 90.9 Å². The molecule has 0 aliphatic rings. The zero-order valence-corrected chi connectivity index (χ0v) is 9.22. The van der Waals surface area contributed by atoms with Gasteiger partial charge in [0.05, 0.1) is 11.0 Å². The Morgan fingerprint density at radius 1 is 1.43 bits per heavy atom. The molecule has 0 bridgehead atoms. The third kappa shape index (κ3) is 1.96. The van der Waals surface area contributed by atoms with Crippen molar-refractivity contribution in [3.05, 3.63) is 43.2 Å². The van der Waals surface area contributed by atoms with E-state index in [1.54, 1.807) is 21.8 Å². The standard InChI is InChI=1S/C10H10N2S2/c1-2-7-13-14-12-8-11-9-5-3-4-6-10(9)12/h2-6,8H,1,7H2. The molecule has 0 aliphatic heterocycles. The molecule has 1 aromatic carbocycles. The summed E-state index contributed by atoms with van der Waals surface area (Å²) in [5.41, 5.74) is 2.20. The molecule has 0 atom stereocenters. The van der Waals surface area contributed by atoms with Crippen molar-refractivity contribution in [2.24, 2.45) is 0 Å². The first-order valence-electron chi connectivity index (χ1n) is 4.25. The van der Waals surface area contributed by atoms with Gasteiger partial charge in [-0.1, -0.05) is 29.0 Å². The third-order valence-electron chi connectivity index (χ3n) is 1.74. The molecule has 14 heavy (non-hydrogen) atoms. The third-order valence-corrected chi connectivity index (χ3v) is 3.87. The van der Waals surface area contributed by atoms with E-state index in [1.807, 2.05) is 30.6 Å². The Morgan fingerprint density at radius 2 is 2.29 bits per heavy atom. The van der Waals surface area contributed by atoms with E-state index in [2.05, 4.69) is 21.6 Å². The Balaban J connectivity index is 2.20. The van der Waals surface area contributed by atoms with E-state index in [0.29, 0.717) is 0 Å². The van der Waals surface area contributed by atoms with E-state index >= 15 is 0 Å². The van der Waals surface area contributed by atoms with Crippen LogP contribution in [0.5, 0.6) is 0 Å². The molecule has 4 heteroatoms. The predicted octanol–water partition coefficient (Wildman–Crippen LogP) is 3.37. The van der Waals surface area contributed by atoms with Gasteiger partial charge in [-0.05, 0) is 12.1 Å².